The Bertz CT molecular complexity index is 577. The highest BCUT2D eigenvalue weighted by atomic mass is 16.3. The Morgan fingerprint density at radius 2 is 2.00 bits per heavy atom. The van der Waals surface area contributed by atoms with Crippen LogP contribution in [0.3, 0.4) is 0 Å². The zero-order chi connectivity index (χ0) is 18.0. The van der Waals surface area contributed by atoms with Gasteiger partial charge in [-0.15, -0.1) is 6.58 Å². The Balaban J connectivity index is 1.67. The molecule has 0 aromatic heterocycles. The minimum absolute atomic E-state index is 0.133. The number of aliphatic hydroxyl groups excluding tert-OH is 1. The van der Waals surface area contributed by atoms with Crippen LogP contribution in [0.2, 0.25) is 0 Å². The van der Waals surface area contributed by atoms with Gasteiger partial charge in [0.05, 0.1) is 6.10 Å². The molecular weight excluding hydrogens is 304 g/mol. The lowest BCUT2D eigenvalue weighted by atomic mass is 9.46. The van der Waals surface area contributed by atoms with Gasteiger partial charge in [0.1, 0.15) is 0 Å². The van der Waals surface area contributed by atoms with Crippen molar-refractivity contribution >= 4 is 0 Å². The zero-order valence-electron chi connectivity index (χ0n) is 16.8. The lowest BCUT2D eigenvalue weighted by Gasteiger charge is -2.58. The molecule has 1 heteroatoms. The van der Waals surface area contributed by atoms with Crippen LogP contribution in [0.25, 0.3) is 0 Å². The van der Waals surface area contributed by atoms with E-state index in [-0.39, 0.29) is 6.10 Å². The van der Waals surface area contributed by atoms with Gasteiger partial charge in [-0.1, -0.05) is 45.4 Å². The van der Waals surface area contributed by atoms with Crippen LogP contribution in [-0.4, -0.2) is 11.2 Å². The summed E-state index contributed by atoms with van der Waals surface area (Å²) in [6, 6.07) is 0. The van der Waals surface area contributed by atoms with Gasteiger partial charge in [-0.3, -0.25) is 0 Å². The molecule has 3 fully saturated rings. The summed E-state index contributed by atoms with van der Waals surface area (Å²) in [6.07, 6.45) is 13.7. The quantitative estimate of drug-likeness (QED) is 0.611. The van der Waals surface area contributed by atoms with Crippen LogP contribution >= 0.6 is 0 Å². The van der Waals surface area contributed by atoms with Crippen LogP contribution in [0.5, 0.6) is 0 Å². The minimum Gasteiger partial charge on any atom is -0.393 e. The van der Waals surface area contributed by atoms with E-state index in [1.165, 1.54) is 38.5 Å². The Hall–Kier alpha value is -0.560. The van der Waals surface area contributed by atoms with Crippen molar-refractivity contribution in [3.8, 4) is 0 Å². The van der Waals surface area contributed by atoms with Gasteiger partial charge in [-0.05, 0) is 91.3 Å². The molecule has 0 spiro atoms. The first-order valence-corrected chi connectivity index (χ1v) is 10.8. The first-order chi connectivity index (χ1) is 11.8. The van der Waals surface area contributed by atoms with Crippen LogP contribution in [0.4, 0.5) is 0 Å². The van der Waals surface area contributed by atoms with Crippen molar-refractivity contribution in [1.82, 2.24) is 0 Å². The largest absolute Gasteiger partial charge is 0.393 e. The standard InChI is InChI=1S/C24H38O/c1-6-16(3)22-21(25)14-20-18-8-7-17-13-15(2)9-11-23(17,4)19(18)10-12-24(20,22)5/h6-7,15-16,18-22,25H,1,8-14H2,2-5H3/t15-,16+,18+,19-,20-,21+,22-,23-,24-/m0/s1. The summed E-state index contributed by atoms with van der Waals surface area (Å²) in [7, 11) is 0. The Morgan fingerprint density at radius 1 is 1.24 bits per heavy atom. The van der Waals surface area contributed by atoms with E-state index < -0.39 is 0 Å². The Morgan fingerprint density at radius 3 is 2.72 bits per heavy atom. The van der Waals surface area contributed by atoms with Gasteiger partial charge in [0, 0.05) is 0 Å². The van der Waals surface area contributed by atoms with Gasteiger partial charge in [0.2, 0.25) is 0 Å². The second-order valence-corrected chi connectivity index (χ2v) is 10.6. The molecule has 1 N–H and O–H groups in total. The topological polar surface area (TPSA) is 20.2 Å². The van der Waals surface area contributed by atoms with Gasteiger partial charge in [0.25, 0.3) is 0 Å². The fourth-order valence-corrected chi connectivity index (χ4v) is 7.99. The summed E-state index contributed by atoms with van der Waals surface area (Å²) in [5.41, 5.74) is 2.53. The predicted octanol–water partition coefficient (Wildman–Crippen LogP) is 5.99. The van der Waals surface area contributed by atoms with Crippen molar-refractivity contribution in [2.75, 3.05) is 0 Å². The van der Waals surface area contributed by atoms with Gasteiger partial charge in [0.15, 0.2) is 0 Å². The first-order valence-electron chi connectivity index (χ1n) is 10.8. The van der Waals surface area contributed by atoms with Gasteiger partial charge >= 0.3 is 0 Å². The first kappa shape index (κ1) is 17.8. The lowest BCUT2D eigenvalue weighted by Crippen LogP contribution is -2.50. The van der Waals surface area contributed by atoms with Crippen molar-refractivity contribution < 1.29 is 5.11 Å². The molecule has 1 nitrogen and oxygen atoms in total. The SMILES string of the molecule is C=C[C@@H](C)[C@H]1[C@H](O)C[C@H]2[C@@H]3CC=C4C[C@@H](C)CC[C@]4(C)[C@H]3CC[C@]12C. The van der Waals surface area contributed by atoms with Crippen molar-refractivity contribution in [2.45, 2.75) is 78.7 Å². The molecule has 0 aromatic carbocycles. The molecule has 4 aliphatic carbocycles. The second kappa shape index (κ2) is 5.98. The smallest absolute Gasteiger partial charge is 0.0582 e. The highest BCUT2D eigenvalue weighted by Crippen LogP contribution is 2.67. The van der Waals surface area contributed by atoms with Crippen LogP contribution in [0.1, 0.15) is 72.6 Å². The van der Waals surface area contributed by atoms with Gasteiger partial charge in [-0.25, -0.2) is 0 Å². The van der Waals surface area contributed by atoms with Crippen molar-refractivity contribution in [3.05, 3.63) is 24.3 Å². The van der Waals surface area contributed by atoms with E-state index in [9.17, 15) is 5.11 Å². The predicted molar refractivity (Wildman–Crippen MR) is 105 cm³/mol. The van der Waals surface area contributed by atoms with Gasteiger partial charge in [-0.2, -0.15) is 0 Å². The summed E-state index contributed by atoms with van der Waals surface area (Å²) in [5.74, 6) is 4.03. The molecule has 0 bridgehead atoms. The number of allylic oxidation sites excluding steroid dienone is 3. The Labute approximate surface area is 155 Å². The summed E-state index contributed by atoms with van der Waals surface area (Å²) >= 11 is 0. The molecule has 0 unspecified atom stereocenters. The Kier molecular flexibility index (Phi) is 4.26. The molecule has 4 rings (SSSR count). The highest BCUT2D eigenvalue weighted by molar-refractivity contribution is 5.25. The number of rotatable bonds is 2. The molecule has 3 saturated carbocycles. The van der Waals surface area contributed by atoms with Gasteiger partial charge < -0.3 is 5.11 Å². The van der Waals surface area contributed by atoms with Crippen LogP contribution < -0.4 is 0 Å². The highest BCUT2D eigenvalue weighted by Gasteiger charge is 2.61. The molecule has 0 radical (unpaired) electrons. The average Bonchev–Trinajstić information content (AvgIpc) is 2.85. The third-order valence-corrected chi connectivity index (χ3v) is 9.40. The fourth-order valence-electron chi connectivity index (χ4n) is 7.99. The molecule has 0 aliphatic heterocycles. The van der Waals surface area contributed by atoms with E-state index in [0.29, 0.717) is 28.6 Å². The number of fused-ring (bicyclic) bond motifs is 5. The maximum Gasteiger partial charge on any atom is 0.0582 e. The number of hydrogen-bond donors (Lipinski definition) is 1. The summed E-state index contributed by atoms with van der Waals surface area (Å²) in [6.45, 7) is 13.8. The van der Waals surface area contributed by atoms with E-state index >= 15 is 0 Å². The summed E-state index contributed by atoms with van der Waals surface area (Å²) in [4.78, 5) is 0. The molecule has 0 amide bonds. The third-order valence-electron chi connectivity index (χ3n) is 9.40. The second-order valence-electron chi connectivity index (χ2n) is 10.6. The number of hydrogen-bond acceptors (Lipinski definition) is 1. The molecule has 4 aliphatic rings. The van der Waals surface area contributed by atoms with E-state index in [1.807, 2.05) is 0 Å². The number of aliphatic hydroxyl groups is 1. The third kappa shape index (κ3) is 2.44. The normalized spacial score (nSPS) is 53.2. The van der Waals surface area contributed by atoms with Crippen molar-refractivity contribution in [2.24, 2.45) is 46.3 Å². The van der Waals surface area contributed by atoms with E-state index in [0.717, 1.165) is 24.2 Å². The lowest BCUT2D eigenvalue weighted by molar-refractivity contribution is -0.0527. The fraction of sp³-hybridized carbons (Fsp3) is 0.833. The maximum atomic E-state index is 10.9. The molecule has 0 heterocycles. The monoisotopic (exact) mass is 342 g/mol. The summed E-state index contributed by atoms with van der Waals surface area (Å²) < 4.78 is 0. The molecule has 9 atom stereocenters. The molecule has 140 valence electrons. The zero-order valence-corrected chi connectivity index (χ0v) is 16.8. The van der Waals surface area contributed by atoms with Crippen LogP contribution in [0, 0.1) is 46.3 Å². The minimum atomic E-state index is -0.133. The van der Waals surface area contributed by atoms with Crippen molar-refractivity contribution in [1.29, 1.82) is 0 Å². The molecular formula is C24H38O. The van der Waals surface area contributed by atoms with E-state index in [2.05, 4.69) is 46.4 Å². The van der Waals surface area contributed by atoms with E-state index in [4.69, 9.17) is 0 Å². The maximum absolute atomic E-state index is 10.9. The van der Waals surface area contributed by atoms with Crippen LogP contribution in [0.15, 0.2) is 24.3 Å². The summed E-state index contributed by atoms with van der Waals surface area (Å²) in [5, 5.41) is 10.9. The van der Waals surface area contributed by atoms with Crippen LogP contribution in [-0.2, 0) is 0 Å². The molecule has 0 aromatic rings. The molecule has 25 heavy (non-hydrogen) atoms. The molecule has 0 saturated heterocycles. The van der Waals surface area contributed by atoms with E-state index in [1.54, 1.807) is 5.57 Å². The van der Waals surface area contributed by atoms with Crippen molar-refractivity contribution in [3.63, 3.8) is 0 Å². The average molecular weight is 343 g/mol.